The first-order valence-electron chi connectivity index (χ1n) is 5.59. The van der Waals surface area contributed by atoms with Crippen LogP contribution in [0.1, 0.15) is 33.1 Å². The molecule has 1 rings (SSSR count). The monoisotopic (exact) mass is 212 g/mol. The molecule has 5 heteroatoms. The summed E-state index contributed by atoms with van der Waals surface area (Å²) in [5, 5.41) is 11.2. The average molecular weight is 212 g/mol. The Morgan fingerprint density at radius 2 is 2.07 bits per heavy atom. The number of aromatic nitrogens is 2. The van der Waals surface area contributed by atoms with E-state index in [1.165, 1.54) is 0 Å². The summed E-state index contributed by atoms with van der Waals surface area (Å²) in [6, 6.07) is 0.632. The van der Waals surface area contributed by atoms with Crippen LogP contribution in [-0.4, -0.2) is 29.8 Å². The summed E-state index contributed by atoms with van der Waals surface area (Å²) in [5.41, 5.74) is 0. The molecule has 0 aromatic carbocycles. The van der Waals surface area contributed by atoms with Gasteiger partial charge in [-0.25, -0.2) is 0 Å². The van der Waals surface area contributed by atoms with Crippen molar-refractivity contribution in [3.8, 4) is 0 Å². The molecule has 0 saturated heterocycles. The summed E-state index contributed by atoms with van der Waals surface area (Å²) < 4.78 is 5.53. The predicted molar refractivity (Wildman–Crippen MR) is 59.9 cm³/mol. The van der Waals surface area contributed by atoms with Gasteiger partial charge in [-0.1, -0.05) is 18.9 Å². The maximum Gasteiger partial charge on any atom is 0.318 e. The number of hydrogen-bond acceptors (Lipinski definition) is 5. The zero-order valence-corrected chi connectivity index (χ0v) is 9.79. The molecule has 1 N–H and O–H groups in total. The van der Waals surface area contributed by atoms with Crippen LogP contribution in [0.5, 0.6) is 0 Å². The largest absolute Gasteiger partial charge is 0.407 e. The quantitative estimate of drug-likeness (QED) is 0.740. The third-order valence-electron chi connectivity index (χ3n) is 2.13. The smallest absolute Gasteiger partial charge is 0.318 e. The van der Waals surface area contributed by atoms with Gasteiger partial charge in [0.05, 0.1) is 6.54 Å². The van der Waals surface area contributed by atoms with Gasteiger partial charge in [0, 0.05) is 13.1 Å². The van der Waals surface area contributed by atoms with Crippen molar-refractivity contribution in [1.29, 1.82) is 0 Å². The standard InChI is InChI=1S/C10H20N4O/c1-4-7-14(6-3)10-13-12-9(15-10)8-11-5-2/h11H,4-8H2,1-3H3. The lowest BCUT2D eigenvalue weighted by Gasteiger charge is -2.15. The minimum atomic E-state index is 0.632. The Morgan fingerprint density at radius 3 is 2.67 bits per heavy atom. The molecule has 0 unspecified atom stereocenters. The van der Waals surface area contributed by atoms with E-state index in [1.54, 1.807) is 0 Å². The predicted octanol–water partition coefficient (Wildman–Crippen LogP) is 1.42. The zero-order valence-electron chi connectivity index (χ0n) is 9.79. The lowest BCUT2D eigenvalue weighted by molar-refractivity contribution is 0.465. The van der Waals surface area contributed by atoms with Crippen molar-refractivity contribution in [3.05, 3.63) is 5.89 Å². The molecule has 0 radical (unpaired) electrons. The van der Waals surface area contributed by atoms with Crippen LogP contribution in [0.15, 0.2) is 4.42 Å². The number of anilines is 1. The van der Waals surface area contributed by atoms with Gasteiger partial charge in [0.15, 0.2) is 0 Å². The minimum Gasteiger partial charge on any atom is -0.407 e. The molecule has 0 saturated carbocycles. The molecular weight excluding hydrogens is 192 g/mol. The molecule has 1 heterocycles. The first kappa shape index (κ1) is 12.0. The normalized spacial score (nSPS) is 10.6. The number of nitrogens with one attached hydrogen (secondary N) is 1. The maximum absolute atomic E-state index is 5.53. The van der Waals surface area contributed by atoms with Crippen molar-refractivity contribution >= 4 is 6.01 Å². The molecular formula is C10H20N4O. The van der Waals surface area contributed by atoms with E-state index in [2.05, 4.69) is 34.3 Å². The fourth-order valence-corrected chi connectivity index (χ4v) is 1.33. The third-order valence-corrected chi connectivity index (χ3v) is 2.13. The van der Waals surface area contributed by atoms with Crippen molar-refractivity contribution in [3.63, 3.8) is 0 Å². The molecule has 1 aromatic rings. The van der Waals surface area contributed by atoms with Gasteiger partial charge in [-0.3, -0.25) is 0 Å². The highest BCUT2D eigenvalue weighted by molar-refractivity contribution is 5.22. The van der Waals surface area contributed by atoms with E-state index < -0.39 is 0 Å². The van der Waals surface area contributed by atoms with E-state index in [1.807, 2.05) is 6.92 Å². The van der Waals surface area contributed by atoms with Crippen molar-refractivity contribution in [2.45, 2.75) is 33.7 Å². The van der Waals surface area contributed by atoms with Crippen LogP contribution in [-0.2, 0) is 6.54 Å². The van der Waals surface area contributed by atoms with Crippen LogP contribution in [0.25, 0.3) is 0 Å². The van der Waals surface area contributed by atoms with Gasteiger partial charge in [-0.2, -0.15) is 0 Å². The Hall–Kier alpha value is -1.10. The molecule has 0 atom stereocenters. The Labute approximate surface area is 90.9 Å². The Balaban J connectivity index is 2.56. The molecule has 15 heavy (non-hydrogen) atoms. The molecule has 0 aliphatic carbocycles. The van der Waals surface area contributed by atoms with Gasteiger partial charge in [0.1, 0.15) is 0 Å². The maximum atomic E-state index is 5.53. The van der Waals surface area contributed by atoms with Crippen molar-refractivity contribution in [2.75, 3.05) is 24.5 Å². The summed E-state index contributed by atoms with van der Waals surface area (Å²) in [5.74, 6) is 0.654. The van der Waals surface area contributed by atoms with Crippen LogP contribution in [0.3, 0.4) is 0 Å². The first-order valence-corrected chi connectivity index (χ1v) is 5.59. The fraction of sp³-hybridized carbons (Fsp3) is 0.800. The van der Waals surface area contributed by atoms with Crippen molar-refractivity contribution in [2.24, 2.45) is 0 Å². The third kappa shape index (κ3) is 3.51. The Bertz CT molecular complexity index is 274. The Kier molecular flexibility index (Phi) is 5.10. The second-order valence-electron chi connectivity index (χ2n) is 3.34. The summed E-state index contributed by atoms with van der Waals surface area (Å²) in [4.78, 5) is 2.09. The highest BCUT2D eigenvalue weighted by Gasteiger charge is 2.11. The van der Waals surface area contributed by atoms with Gasteiger partial charge < -0.3 is 14.6 Å². The van der Waals surface area contributed by atoms with Crippen LogP contribution >= 0.6 is 0 Å². The van der Waals surface area contributed by atoms with Crippen molar-refractivity contribution in [1.82, 2.24) is 15.5 Å². The SMILES string of the molecule is CCCN(CC)c1nnc(CNCC)o1. The highest BCUT2D eigenvalue weighted by Crippen LogP contribution is 2.11. The van der Waals surface area contributed by atoms with E-state index in [0.29, 0.717) is 18.5 Å². The van der Waals surface area contributed by atoms with E-state index >= 15 is 0 Å². The highest BCUT2D eigenvalue weighted by atomic mass is 16.4. The second-order valence-corrected chi connectivity index (χ2v) is 3.34. The molecule has 0 fully saturated rings. The second kappa shape index (κ2) is 6.40. The number of rotatable bonds is 7. The van der Waals surface area contributed by atoms with Crippen LogP contribution < -0.4 is 10.2 Å². The van der Waals surface area contributed by atoms with Crippen molar-refractivity contribution < 1.29 is 4.42 Å². The molecule has 0 aliphatic rings. The van der Waals surface area contributed by atoms with Gasteiger partial charge >= 0.3 is 6.01 Å². The molecule has 86 valence electrons. The first-order chi connectivity index (χ1) is 7.31. The van der Waals surface area contributed by atoms with E-state index in [-0.39, 0.29) is 0 Å². The minimum absolute atomic E-state index is 0.632. The zero-order chi connectivity index (χ0) is 11.1. The molecule has 1 aromatic heterocycles. The Morgan fingerprint density at radius 1 is 1.27 bits per heavy atom. The van der Waals surface area contributed by atoms with Gasteiger partial charge in [-0.05, 0) is 19.9 Å². The summed E-state index contributed by atoms with van der Waals surface area (Å²) in [6.45, 7) is 9.68. The van der Waals surface area contributed by atoms with E-state index in [4.69, 9.17) is 4.42 Å². The summed E-state index contributed by atoms with van der Waals surface area (Å²) in [7, 11) is 0. The molecule has 0 amide bonds. The molecule has 0 aliphatic heterocycles. The summed E-state index contributed by atoms with van der Waals surface area (Å²) in [6.07, 6.45) is 1.08. The van der Waals surface area contributed by atoms with E-state index in [0.717, 1.165) is 26.1 Å². The molecule has 0 bridgehead atoms. The van der Waals surface area contributed by atoms with E-state index in [9.17, 15) is 0 Å². The summed E-state index contributed by atoms with van der Waals surface area (Å²) >= 11 is 0. The number of nitrogens with zero attached hydrogens (tertiary/aromatic N) is 3. The van der Waals surface area contributed by atoms with Gasteiger partial charge in [0.25, 0.3) is 0 Å². The van der Waals surface area contributed by atoms with Crippen LogP contribution in [0.4, 0.5) is 6.01 Å². The van der Waals surface area contributed by atoms with Gasteiger partial charge in [0.2, 0.25) is 5.89 Å². The van der Waals surface area contributed by atoms with Crippen LogP contribution in [0, 0.1) is 0 Å². The lowest BCUT2D eigenvalue weighted by Crippen LogP contribution is -2.23. The molecule has 5 nitrogen and oxygen atoms in total. The van der Waals surface area contributed by atoms with Gasteiger partial charge in [-0.15, -0.1) is 5.10 Å². The lowest BCUT2D eigenvalue weighted by atomic mass is 10.4. The molecule has 0 spiro atoms. The number of hydrogen-bond donors (Lipinski definition) is 1. The topological polar surface area (TPSA) is 54.2 Å². The average Bonchev–Trinajstić information content (AvgIpc) is 2.71. The fourth-order valence-electron chi connectivity index (χ4n) is 1.33. The van der Waals surface area contributed by atoms with Crippen LogP contribution in [0.2, 0.25) is 0 Å².